The summed E-state index contributed by atoms with van der Waals surface area (Å²) < 4.78 is 5.72. The molecule has 0 radical (unpaired) electrons. The number of hydrogen-bond acceptors (Lipinski definition) is 10. The summed E-state index contributed by atoms with van der Waals surface area (Å²) in [4.78, 5) is 41.2. The summed E-state index contributed by atoms with van der Waals surface area (Å²) in [5.74, 6) is -6.23. The number of methoxy groups -OCH3 is 1. The zero-order valence-corrected chi connectivity index (χ0v) is 26.2. The monoisotopic (exact) mass is 619 g/mol. The molecular weight excluding hydrogens is 578 g/mol. The molecule has 0 heterocycles. The fourth-order valence-corrected chi connectivity index (χ4v) is 7.45. The van der Waals surface area contributed by atoms with Gasteiger partial charge in [-0.1, -0.05) is 19.1 Å². The van der Waals surface area contributed by atoms with E-state index in [9.17, 15) is 34.8 Å². The Bertz CT molecular complexity index is 1640. The Hall–Kier alpha value is -4.19. The van der Waals surface area contributed by atoms with E-state index < -0.39 is 58.0 Å². The third kappa shape index (κ3) is 5.08. The second-order valence-electron chi connectivity index (χ2n) is 12.5. The van der Waals surface area contributed by atoms with Gasteiger partial charge in [0, 0.05) is 23.1 Å². The molecule has 5 atom stereocenters. The van der Waals surface area contributed by atoms with Crippen LogP contribution in [0.1, 0.15) is 43.4 Å². The number of nitrogens with two attached hydrogens (primary N) is 1. The topological polar surface area (TPSA) is 183 Å². The van der Waals surface area contributed by atoms with Crippen LogP contribution in [0.5, 0.6) is 11.5 Å². The minimum Gasteiger partial charge on any atom is -0.508 e. The highest BCUT2D eigenvalue weighted by Crippen LogP contribution is 2.54. The molecule has 3 aliphatic carbocycles. The van der Waals surface area contributed by atoms with E-state index in [4.69, 9.17) is 10.5 Å². The van der Waals surface area contributed by atoms with E-state index in [1.807, 2.05) is 18.2 Å². The fourth-order valence-electron chi connectivity index (χ4n) is 7.45. The van der Waals surface area contributed by atoms with E-state index in [0.717, 1.165) is 30.5 Å². The highest BCUT2D eigenvalue weighted by molar-refractivity contribution is 6.24. The molecule has 240 valence electrons. The van der Waals surface area contributed by atoms with Crippen molar-refractivity contribution in [2.45, 2.75) is 57.2 Å². The van der Waals surface area contributed by atoms with Gasteiger partial charge in [-0.05, 0) is 94.1 Å². The quantitative estimate of drug-likeness (QED) is 0.228. The number of aromatic hydroxyl groups is 1. The predicted octanol–water partition coefficient (Wildman–Crippen LogP) is 2.57. The van der Waals surface area contributed by atoms with Crippen LogP contribution in [0.15, 0.2) is 47.2 Å². The molecule has 7 N–H and O–H groups in total. The number of aliphatic hydroxyl groups is 3. The Morgan fingerprint density at radius 3 is 2.49 bits per heavy atom. The Morgan fingerprint density at radius 2 is 1.87 bits per heavy atom. The Kier molecular flexibility index (Phi) is 8.56. The van der Waals surface area contributed by atoms with Crippen LogP contribution in [-0.2, 0) is 27.2 Å². The molecule has 0 spiro atoms. The number of aliphatic hydroxyl groups excluding tert-OH is 2. The zero-order chi connectivity index (χ0) is 33.0. The summed E-state index contributed by atoms with van der Waals surface area (Å²) in [6.45, 7) is 5.08. The summed E-state index contributed by atoms with van der Waals surface area (Å²) in [6.07, 6.45) is 1.92. The molecule has 45 heavy (non-hydrogen) atoms. The van der Waals surface area contributed by atoms with Gasteiger partial charge in [0.15, 0.2) is 11.4 Å². The van der Waals surface area contributed by atoms with Crippen molar-refractivity contribution in [2.24, 2.45) is 17.6 Å². The van der Waals surface area contributed by atoms with Gasteiger partial charge in [-0.2, -0.15) is 0 Å². The van der Waals surface area contributed by atoms with Crippen LogP contribution in [-0.4, -0.2) is 88.2 Å². The first-order valence-corrected chi connectivity index (χ1v) is 15.2. The molecule has 1 fully saturated rings. The number of Topliss-reactive ketones (excluding diaryl/α,β-unsaturated/α-hetero) is 2. The molecule has 2 unspecified atom stereocenters. The number of phenols is 1. The highest BCUT2D eigenvalue weighted by atomic mass is 16.5. The molecule has 3 aliphatic rings. The van der Waals surface area contributed by atoms with E-state index >= 15 is 0 Å². The van der Waals surface area contributed by atoms with Crippen molar-refractivity contribution in [3.8, 4) is 22.6 Å². The van der Waals surface area contributed by atoms with Crippen molar-refractivity contribution in [1.29, 1.82) is 0 Å². The third-order valence-electron chi connectivity index (χ3n) is 9.58. The molecule has 0 aromatic heterocycles. The predicted molar refractivity (Wildman–Crippen MR) is 168 cm³/mol. The summed E-state index contributed by atoms with van der Waals surface area (Å²) in [7, 11) is 4.71. The molecule has 1 saturated carbocycles. The second-order valence-corrected chi connectivity index (χ2v) is 12.5. The number of benzene rings is 2. The van der Waals surface area contributed by atoms with E-state index in [2.05, 4.69) is 19.2 Å². The number of ether oxygens (including phenoxy) is 1. The Labute approximate surface area is 262 Å². The summed E-state index contributed by atoms with van der Waals surface area (Å²) >= 11 is 0. The summed E-state index contributed by atoms with van der Waals surface area (Å²) in [5, 5.41) is 48.9. The van der Waals surface area contributed by atoms with Gasteiger partial charge in [0.05, 0.1) is 18.7 Å². The smallest absolute Gasteiger partial charge is 0.255 e. The Morgan fingerprint density at radius 1 is 1.16 bits per heavy atom. The average Bonchev–Trinajstić information content (AvgIpc) is 2.97. The number of phenolic OH excluding ortho intramolecular Hbond substituents is 1. The largest absolute Gasteiger partial charge is 0.508 e. The number of hydrogen-bond donors (Lipinski definition) is 6. The van der Waals surface area contributed by atoms with E-state index in [-0.39, 0.29) is 29.7 Å². The number of ketones is 2. The van der Waals surface area contributed by atoms with E-state index in [1.165, 1.54) is 11.0 Å². The molecular formula is C34H41N3O8. The van der Waals surface area contributed by atoms with Crippen LogP contribution < -0.4 is 15.8 Å². The number of aryl methyl sites for hydroxylation is 1. The first kappa shape index (κ1) is 32.2. The first-order valence-electron chi connectivity index (χ1n) is 15.2. The van der Waals surface area contributed by atoms with Crippen LogP contribution in [0.2, 0.25) is 0 Å². The molecule has 2 aromatic carbocycles. The number of nitrogens with zero attached hydrogens (tertiary/aromatic N) is 1. The average molecular weight is 620 g/mol. The minimum atomic E-state index is -2.68. The lowest BCUT2D eigenvalue weighted by Gasteiger charge is -2.50. The van der Waals surface area contributed by atoms with Gasteiger partial charge in [-0.3, -0.25) is 19.3 Å². The minimum absolute atomic E-state index is 0.0142. The van der Waals surface area contributed by atoms with E-state index in [1.54, 1.807) is 27.3 Å². The first-order chi connectivity index (χ1) is 21.3. The number of nitrogens with one attached hydrogen (secondary N) is 1. The molecule has 11 heteroatoms. The third-order valence-corrected chi connectivity index (χ3v) is 9.58. The fraction of sp³-hybridized carbons (Fsp3) is 0.441. The lowest BCUT2D eigenvalue weighted by Crippen LogP contribution is -2.65. The van der Waals surface area contributed by atoms with Crippen molar-refractivity contribution < 1.29 is 39.5 Å². The number of carbonyl (C=O) groups excluding carboxylic acids is 3. The van der Waals surface area contributed by atoms with E-state index in [0.29, 0.717) is 22.9 Å². The number of carbonyl (C=O) groups is 3. The number of fused-ring (bicyclic) bond motifs is 3. The zero-order valence-electron chi connectivity index (χ0n) is 26.2. The Balaban J connectivity index is 1.66. The number of likely N-dealkylation sites (N-methyl/N-ethyl adjacent to an activating group) is 1. The van der Waals surface area contributed by atoms with Crippen molar-refractivity contribution in [2.75, 3.05) is 27.7 Å². The standard InChI is InChI=1S/C34H41N3O8/c1-6-36-16(2)7-8-17-9-12-24(45-5)20(13-17)19-10-11-23(38)26-21(19)14-18-15-22-28(37(3)4)30(40)27(33(35)43)32(42)34(22,44)31(41)25(18)29(26)39/h9-13,16,18,22,28,36,38-39,42,44H,6-8,14-15H2,1-5H3,(H2,35,43)/t16?,18-,22-,28?,34-/m0/s1. The number of primary amides is 1. The van der Waals surface area contributed by atoms with Crippen LogP contribution in [0.3, 0.4) is 0 Å². The van der Waals surface area contributed by atoms with Gasteiger partial charge in [-0.25, -0.2) is 0 Å². The molecule has 0 bridgehead atoms. The van der Waals surface area contributed by atoms with Crippen LogP contribution in [0, 0.1) is 11.8 Å². The van der Waals surface area contributed by atoms with Gasteiger partial charge in [-0.15, -0.1) is 0 Å². The van der Waals surface area contributed by atoms with Crippen molar-refractivity contribution >= 4 is 23.2 Å². The van der Waals surface area contributed by atoms with Crippen LogP contribution >= 0.6 is 0 Å². The van der Waals surface area contributed by atoms with Gasteiger partial charge in [0.25, 0.3) is 5.91 Å². The van der Waals surface area contributed by atoms with Gasteiger partial charge < -0.3 is 36.2 Å². The van der Waals surface area contributed by atoms with Crippen molar-refractivity contribution in [3.63, 3.8) is 0 Å². The molecule has 1 amide bonds. The molecule has 0 aliphatic heterocycles. The lowest BCUT2D eigenvalue weighted by molar-refractivity contribution is -0.153. The lowest BCUT2D eigenvalue weighted by atomic mass is 9.57. The highest BCUT2D eigenvalue weighted by Gasteiger charge is 2.64. The maximum absolute atomic E-state index is 14.1. The SMILES string of the molecule is CCNC(C)CCc1ccc(OC)c(-c2ccc(O)c3c2C[C@H]2C[C@H]4C(N(C)C)C(=O)C(C(N)=O)=C(O)[C@@]4(O)C(=O)C2=C3O)c1. The second kappa shape index (κ2) is 12.0. The molecule has 5 rings (SSSR count). The van der Waals surface area contributed by atoms with Gasteiger partial charge >= 0.3 is 0 Å². The summed E-state index contributed by atoms with van der Waals surface area (Å²) in [5.41, 5.74) is 4.84. The summed E-state index contributed by atoms with van der Waals surface area (Å²) in [6, 6.07) is 8.28. The molecule has 2 aromatic rings. The molecule has 11 nitrogen and oxygen atoms in total. The number of rotatable bonds is 9. The number of amides is 1. The van der Waals surface area contributed by atoms with Crippen LogP contribution in [0.4, 0.5) is 0 Å². The maximum atomic E-state index is 14.1. The van der Waals surface area contributed by atoms with Crippen LogP contribution in [0.25, 0.3) is 16.9 Å². The molecule has 0 saturated heterocycles. The van der Waals surface area contributed by atoms with Crippen molar-refractivity contribution in [3.05, 3.63) is 63.9 Å². The normalized spacial score (nSPS) is 25.2. The maximum Gasteiger partial charge on any atom is 0.255 e. The van der Waals surface area contributed by atoms with Gasteiger partial charge in [0.2, 0.25) is 5.78 Å². The van der Waals surface area contributed by atoms with Gasteiger partial charge in [0.1, 0.15) is 28.6 Å². The van der Waals surface area contributed by atoms with Crippen molar-refractivity contribution in [1.82, 2.24) is 10.2 Å².